The Morgan fingerprint density at radius 1 is 0.846 bits per heavy atom. The summed E-state index contributed by atoms with van der Waals surface area (Å²) >= 11 is 0. The quantitative estimate of drug-likeness (QED) is 0.837. The maximum absolute atomic E-state index is 10.3. The van der Waals surface area contributed by atoms with Gasteiger partial charge in [0.1, 0.15) is 0 Å². The van der Waals surface area contributed by atoms with Crippen molar-refractivity contribution >= 4 is 11.9 Å². The smallest absolute Gasteiger partial charge is 0.335 e. The van der Waals surface area contributed by atoms with Crippen LogP contribution in [0.3, 0.4) is 0 Å². The fraction of sp³-hybridized carbons (Fsp3) is 0. The standard InChI is InChI=1S/C8H6O4.W/c9-7(10)5-1-2-6(4-3-5)8(11)12;/h1-4H,(H,9,10)(H,11,12);. The van der Waals surface area contributed by atoms with E-state index in [1.165, 1.54) is 24.3 Å². The van der Waals surface area contributed by atoms with Crippen LogP contribution in [0.1, 0.15) is 20.7 Å². The van der Waals surface area contributed by atoms with Crippen LogP contribution in [-0.4, -0.2) is 22.2 Å². The molecule has 0 saturated carbocycles. The third kappa shape index (κ3) is 2.99. The molecule has 13 heavy (non-hydrogen) atoms. The first-order valence-corrected chi connectivity index (χ1v) is 3.18. The van der Waals surface area contributed by atoms with Crippen molar-refractivity contribution < 1.29 is 40.9 Å². The van der Waals surface area contributed by atoms with Gasteiger partial charge in [0.15, 0.2) is 0 Å². The Kier molecular flexibility index (Phi) is 4.35. The Balaban J connectivity index is 0.00000144. The third-order valence-corrected chi connectivity index (χ3v) is 1.38. The van der Waals surface area contributed by atoms with Crippen LogP contribution in [0.2, 0.25) is 0 Å². The zero-order valence-corrected chi connectivity index (χ0v) is 9.36. The minimum atomic E-state index is -1.06. The summed E-state index contributed by atoms with van der Waals surface area (Å²) in [5, 5.41) is 16.9. The van der Waals surface area contributed by atoms with Crippen LogP contribution in [0.5, 0.6) is 0 Å². The van der Waals surface area contributed by atoms with Gasteiger partial charge in [-0.05, 0) is 24.3 Å². The molecular weight excluding hydrogens is 344 g/mol. The minimum absolute atomic E-state index is 0. The van der Waals surface area contributed by atoms with Crippen molar-refractivity contribution in [3.63, 3.8) is 0 Å². The Morgan fingerprint density at radius 3 is 1.23 bits per heavy atom. The van der Waals surface area contributed by atoms with Gasteiger partial charge < -0.3 is 10.2 Å². The molecule has 0 heterocycles. The molecule has 5 heteroatoms. The second-order valence-corrected chi connectivity index (χ2v) is 2.19. The molecule has 0 saturated heterocycles. The average molecular weight is 350 g/mol. The molecule has 0 radical (unpaired) electrons. The summed E-state index contributed by atoms with van der Waals surface area (Å²) in [7, 11) is 0. The van der Waals surface area contributed by atoms with Gasteiger partial charge in [0.05, 0.1) is 11.1 Å². The molecule has 0 unspecified atom stereocenters. The number of carboxylic acids is 2. The van der Waals surface area contributed by atoms with Crippen LogP contribution in [0.4, 0.5) is 0 Å². The van der Waals surface area contributed by atoms with E-state index < -0.39 is 11.9 Å². The van der Waals surface area contributed by atoms with Crippen LogP contribution in [0.25, 0.3) is 0 Å². The summed E-state index contributed by atoms with van der Waals surface area (Å²) in [6.45, 7) is 0. The molecule has 4 nitrogen and oxygen atoms in total. The van der Waals surface area contributed by atoms with Crippen LogP contribution >= 0.6 is 0 Å². The van der Waals surface area contributed by atoms with Crippen molar-refractivity contribution in [2.75, 3.05) is 0 Å². The Bertz CT molecular complexity index is 284. The number of benzene rings is 1. The number of hydrogen-bond donors (Lipinski definition) is 2. The van der Waals surface area contributed by atoms with Crippen LogP contribution in [-0.2, 0) is 21.1 Å². The predicted octanol–water partition coefficient (Wildman–Crippen LogP) is 1.08. The largest absolute Gasteiger partial charge is 0.478 e. The van der Waals surface area contributed by atoms with Gasteiger partial charge >= 0.3 is 11.9 Å². The summed E-state index contributed by atoms with van der Waals surface area (Å²) in [5.41, 5.74) is 0.167. The van der Waals surface area contributed by atoms with Gasteiger partial charge in [-0.25, -0.2) is 9.59 Å². The summed E-state index contributed by atoms with van der Waals surface area (Å²) in [5.74, 6) is -2.13. The fourth-order valence-electron chi connectivity index (χ4n) is 0.755. The topological polar surface area (TPSA) is 74.6 Å². The van der Waals surface area contributed by atoms with E-state index >= 15 is 0 Å². The predicted molar refractivity (Wildman–Crippen MR) is 40.4 cm³/mol. The van der Waals surface area contributed by atoms with E-state index in [4.69, 9.17) is 10.2 Å². The molecule has 0 atom stereocenters. The van der Waals surface area contributed by atoms with E-state index in [0.717, 1.165) is 0 Å². The molecule has 0 fully saturated rings. The van der Waals surface area contributed by atoms with E-state index in [1.807, 2.05) is 0 Å². The number of hydrogen-bond acceptors (Lipinski definition) is 2. The minimum Gasteiger partial charge on any atom is -0.478 e. The molecule has 0 spiro atoms. The van der Waals surface area contributed by atoms with Crippen molar-refractivity contribution in [1.29, 1.82) is 0 Å². The van der Waals surface area contributed by atoms with Crippen molar-refractivity contribution in [3.8, 4) is 0 Å². The molecule has 0 aliphatic carbocycles. The first-order chi connectivity index (χ1) is 5.61. The number of rotatable bonds is 2. The molecule has 2 N–H and O–H groups in total. The molecular formula is C8H6O4W. The van der Waals surface area contributed by atoms with Crippen LogP contribution in [0.15, 0.2) is 24.3 Å². The van der Waals surface area contributed by atoms with Crippen molar-refractivity contribution in [2.45, 2.75) is 0 Å². The first-order valence-electron chi connectivity index (χ1n) is 3.18. The maximum atomic E-state index is 10.3. The zero-order chi connectivity index (χ0) is 9.14. The van der Waals surface area contributed by atoms with Gasteiger partial charge in [0.25, 0.3) is 0 Å². The van der Waals surface area contributed by atoms with E-state index in [-0.39, 0.29) is 32.2 Å². The van der Waals surface area contributed by atoms with Gasteiger partial charge in [-0.15, -0.1) is 0 Å². The summed E-state index contributed by atoms with van der Waals surface area (Å²) in [4.78, 5) is 20.7. The van der Waals surface area contributed by atoms with Gasteiger partial charge in [0, 0.05) is 21.1 Å². The Morgan fingerprint density at radius 2 is 1.08 bits per heavy atom. The van der Waals surface area contributed by atoms with Gasteiger partial charge in [-0.3, -0.25) is 0 Å². The van der Waals surface area contributed by atoms with Gasteiger partial charge in [0.2, 0.25) is 0 Å². The number of aromatic carboxylic acids is 2. The third-order valence-electron chi connectivity index (χ3n) is 1.38. The fourth-order valence-corrected chi connectivity index (χ4v) is 0.755. The van der Waals surface area contributed by atoms with Crippen molar-refractivity contribution in [1.82, 2.24) is 0 Å². The first kappa shape index (κ1) is 11.8. The summed E-state index contributed by atoms with van der Waals surface area (Å²) in [6, 6.07) is 5.02. The monoisotopic (exact) mass is 350 g/mol. The van der Waals surface area contributed by atoms with Gasteiger partial charge in [-0.1, -0.05) is 0 Å². The molecule has 0 amide bonds. The molecule has 0 aliphatic heterocycles. The molecule has 68 valence electrons. The number of carbonyl (C=O) groups is 2. The SMILES string of the molecule is O=C(O)c1ccc(C(=O)O)cc1.[W]. The molecule has 0 bridgehead atoms. The second-order valence-electron chi connectivity index (χ2n) is 2.19. The van der Waals surface area contributed by atoms with E-state index in [1.54, 1.807) is 0 Å². The Hall–Kier alpha value is -1.15. The Labute approximate surface area is 88.5 Å². The van der Waals surface area contributed by atoms with Crippen LogP contribution < -0.4 is 0 Å². The number of carboxylic acid groups (broad SMARTS) is 2. The normalized spacial score (nSPS) is 8.62. The van der Waals surface area contributed by atoms with E-state index in [9.17, 15) is 9.59 Å². The van der Waals surface area contributed by atoms with E-state index in [0.29, 0.717) is 0 Å². The van der Waals surface area contributed by atoms with Crippen molar-refractivity contribution in [2.24, 2.45) is 0 Å². The molecule has 0 aliphatic rings. The molecule has 1 rings (SSSR count). The van der Waals surface area contributed by atoms with Crippen molar-refractivity contribution in [3.05, 3.63) is 35.4 Å². The molecule has 1 aromatic rings. The summed E-state index contributed by atoms with van der Waals surface area (Å²) in [6.07, 6.45) is 0. The zero-order valence-electron chi connectivity index (χ0n) is 6.43. The van der Waals surface area contributed by atoms with Crippen LogP contribution in [0, 0.1) is 0 Å². The molecule has 0 aromatic heterocycles. The van der Waals surface area contributed by atoms with E-state index in [2.05, 4.69) is 0 Å². The summed E-state index contributed by atoms with van der Waals surface area (Å²) < 4.78 is 0. The van der Waals surface area contributed by atoms with Gasteiger partial charge in [-0.2, -0.15) is 0 Å². The average Bonchev–Trinajstić information content (AvgIpc) is 2.04. The molecule has 1 aromatic carbocycles. The second kappa shape index (κ2) is 4.77. The maximum Gasteiger partial charge on any atom is 0.335 e.